The average Bonchev–Trinajstić information content (AvgIpc) is 2.64. The molecule has 120 valence electrons. The monoisotopic (exact) mass is 316 g/mol. The summed E-state index contributed by atoms with van der Waals surface area (Å²) in [4.78, 5) is 0. The SMILES string of the molecule is C#CCNC1CCCc2cc(OCc3ccc(C#N)cc3)ccc21. The van der Waals surface area contributed by atoms with Gasteiger partial charge in [0.05, 0.1) is 18.2 Å². The Balaban J connectivity index is 1.67. The molecule has 0 heterocycles. The summed E-state index contributed by atoms with van der Waals surface area (Å²) < 4.78 is 5.91. The minimum atomic E-state index is 0.345. The molecular formula is C21H20N2O. The Kier molecular flexibility index (Phi) is 5.16. The quantitative estimate of drug-likeness (QED) is 0.855. The molecule has 1 aliphatic rings. The van der Waals surface area contributed by atoms with Crippen molar-refractivity contribution in [2.75, 3.05) is 6.54 Å². The molecule has 2 aromatic rings. The molecule has 2 aromatic carbocycles. The van der Waals surface area contributed by atoms with Crippen LogP contribution in [0.4, 0.5) is 0 Å². The van der Waals surface area contributed by atoms with E-state index in [1.54, 1.807) is 0 Å². The van der Waals surface area contributed by atoms with Gasteiger partial charge in [0.15, 0.2) is 0 Å². The van der Waals surface area contributed by atoms with Gasteiger partial charge in [-0.3, -0.25) is 5.32 Å². The van der Waals surface area contributed by atoms with Gasteiger partial charge in [0.1, 0.15) is 12.4 Å². The topological polar surface area (TPSA) is 45.0 Å². The lowest BCUT2D eigenvalue weighted by molar-refractivity contribution is 0.305. The number of nitrogens with zero attached hydrogens (tertiary/aromatic N) is 1. The highest BCUT2D eigenvalue weighted by Crippen LogP contribution is 2.32. The lowest BCUT2D eigenvalue weighted by Gasteiger charge is -2.26. The van der Waals surface area contributed by atoms with Crippen LogP contribution in [-0.2, 0) is 13.0 Å². The highest BCUT2D eigenvalue weighted by Gasteiger charge is 2.19. The van der Waals surface area contributed by atoms with Crippen LogP contribution in [0.3, 0.4) is 0 Å². The lowest BCUT2D eigenvalue weighted by Crippen LogP contribution is -2.25. The third-order valence-electron chi connectivity index (χ3n) is 4.37. The van der Waals surface area contributed by atoms with Crippen LogP contribution in [0.1, 0.15) is 41.1 Å². The van der Waals surface area contributed by atoms with Gasteiger partial charge < -0.3 is 4.74 Å². The van der Waals surface area contributed by atoms with Crippen molar-refractivity contribution in [1.29, 1.82) is 5.26 Å². The molecule has 0 fully saturated rings. The molecule has 3 heteroatoms. The van der Waals surface area contributed by atoms with Crippen LogP contribution in [0, 0.1) is 23.7 Å². The van der Waals surface area contributed by atoms with Gasteiger partial charge in [0.2, 0.25) is 0 Å². The number of aryl methyl sites for hydroxylation is 1. The van der Waals surface area contributed by atoms with Gasteiger partial charge >= 0.3 is 0 Å². The van der Waals surface area contributed by atoms with E-state index in [9.17, 15) is 0 Å². The van der Waals surface area contributed by atoms with Gasteiger partial charge in [0, 0.05) is 6.04 Å². The van der Waals surface area contributed by atoms with E-state index < -0.39 is 0 Å². The van der Waals surface area contributed by atoms with Crippen molar-refractivity contribution >= 4 is 0 Å². The predicted molar refractivity (Wildman–Crippen MR) is 94.4 cm³/mol. The van der Waals surface area contributed by atoms with Gasteiger partial charge in [-0.15, -0.1) is 6.42 Å². The highest BCUT2D eigenvalue weighted by molar-refractivity contribution is 5.39. The fourth-order valence-corrected chi connectivity index (χ4v) is 3.12. The van der Waals surface area contributed by atoms with Crippen LogP contribution in [0.5, 0.6) is 5.75 Å². The number of ether oxygens (including phenoxy) is 1. The second kappa shape index (κ2) is 7.68. The number of hydrogen-bond donors (Lipinski definition) is 1. The van der Waals surface area contributed by atoms with E-state index in [4.69, 9.17) is 16.4 Å². The van der Waals surface area contributed by atoms with E-state index >= 15 is 0 Å². The highest BCUT2D eigenvalue weighted by atomic mass is 16.5. The van der Waals surface area contributed by atoms with E-state index in [2.05, 4.69) is 29.4 Å². The molecule has 24 heavy (non-hydrogen) atoms. The number of nitrogens with one attached hydrogen (secondary N) is 1. The van der Waals surface area contributed by atoms with Crippen LogP contribution >= 0.6 is 0 Å². The summed E-state index contributed by atoms with van der Waals surface area (Å²) in [6.07, 6.45) is 8.72. The molecule has 0 aliphatic heterocycles. The van der Waals surface area contributed by atoms with Crippen molar-refractivity contribution in [3.63, 3.8) is 0 Å². The molecule has 1 unspecified atom stereocenters. The molecule has 1 atom stereocenters. The number of nitriles is 1. The number of benzene rings is 2. The van der Waals surface area contributed by atoms with Crippen molar-refractivity contribution < 1.29 is 4.74 Å². The molecular weight excluding hydrogens is 296 g/mol. The summed E-state index contributed by atoms with van der Waals surface area (Å²) >= 11 is 0. The smallest absolute Gasteiger partial charge is 0.120 e. The van der Waals surface area contributed by atoms with Crippen LogP contribution in [0.2, 0.25) is 0 Å². The molecule has 3 rings (SSSR count). The first-order chi connectivity index (χ1) is 11.8. The van der Waals surface area contributed by atoms with Crippen molar-refractivity contribution in [1.82, 2.24) is 5.32 Å². The summed E-state index contributed by atoms with van der Waals surface area (Å²) in [5.74, 6) is 3.53. The Morgan fingerprint density at radius 1 is 1.21 bits per heavy atom. The van der Waals surface area contributed by atoms with Gasteiger partial charge in [-0.05, 0) is 60.2 Å². The van der Waals surface area contributed by atoms with Crippen molar-refractivity contribution in [2.24, 2.45) is 0 Å². The Bertz CT molecular complexity index is 781. The zero-order valence-electron chi connectivity index (χ0n) is 13.6. The molecule has 1 aliphatic carbocycles. The van der Waals surface area contributed by atoms with Crippen molar-refractivity contribution in [3.05, 3.63) is 64.7 Å². The normalized spacial score (nSPS) is 15.8. The average molecular weight is 316 g/mol. The molecule has 0 amide bonds. The molecule has 0 spiro atoms. The summed E-state index contributed by atoms with van der Waals surface area (Å²) in [6.45, 7) is 1.10. The van der Waals surface area contributed by atoms with Crippen molar-refractivity contribution in [2.45, 2.75) is 31.9 Å². The second-order valence-electron chi connectivity index (χ2n) is 5.99. The van der Waals surface area contributed by atoms with Gasteiger partial charge in [-0.2, -0.15) is 5.26 Å². The molecule has 3 nitrogen and oxygen atoms in total. The van der Waals surface area contributed by atoms with E-state index in [1.165, 1.54) is 11.1 Å². The molecule has 0 aromatic heterocycles. The maximum Gasteiger partial charge on any atom is 0.120 e. The fraction of sp³-hybridized carbons (Fsp3) is 0.286. The first-order valence-corrected chi connectivity index (χ1v) is 8.21. The first kappa shape index (κ1) is 16.1. The molecule has 0 saturated heterocycles. The minimum absolute atomic E-state index is 0.345. The van der Waals surface area contributed by atoms with Gasteiger partial charge in [-0.1, -0.05) is 24.1 Å². The summed E-state index contributed by atoms with van der Waals surface area (Å²) in [5.41, 5.74) is 4.40. The largest absolute Gasteiger partial charge is 0.489 e. The Hall–Kier alpha value is -2.75. The van der Waals surface area contributed by atoms with Gasteiger partial charge in [-0.25, -0.2) is 0 Å². The second-order valence-corrected chi connectivity index (χ2v) is 5.99. The first-order valence-electron chi connectivity index (χ1n) is 8.21. The number of fused-ring (bicyclic) bond motifs is 1. The standard InChI is InChI=1S/C21H20N2O/c1-2-12-23-21-5-3-4-18-13-19(10-11-20(18)21)24-15-17-8-6-16(14-22)7-9-17/h1,6-11,13,21,23H,3-5,12,15H2. The third kappa shape index (κ3) is 3.77. The van der Waals surface area contributed by atoms with Crippen molar-refractivity contribution in [3.8, 4) is 24.2 Å². The maximum atomic E-state index is 8.83. The number of rotatable bonds is 5. The molecule has 0 saturated carbocycles. The Morgan fingerprint density at radius 2 is 2.04 bits per heavy atom. The molecule has 0 bridgehead atoms. The van der Waals surface area contributed by atoms with Crippen LogP contribution < -0.4 is 10.1 Å². The van der Waals surface area contributed by atoms with Gasteiger partial charge in [0.25, 0.3) is 0 Å². The minimum Gasteiger partial charge on any atom is -0.489 e. The summed E-state index contributed by atoms with van der Waals surface area (Å²) in [6, 6.07) is 16.3. The summed E-state index contributed by atoms with van der Waals surface area (Å²) in [7, 11) is 0. The number of terminal acetylenes is 1. The Morgan fingerprint density at radius 3 is 2.79 bits per heavy atom. The van der Waals surface area contributed by atoms with Crippen LogP contribution in [-0.4, -0.2) is 6.54 Å². The molecule has 0 radical (unpaired) electrons. The Labute approximate surface area is 143 Å². The molecule has 1 N–H and O–H groups in total. The summed E-state index contributed by atoms with van der Waals surface area (Å²) in [5, 5.41) is 12.2. The zero-order valence-corrected chi connectivity index (χ0v) is 13.6. The number of hydrogen-bond acceptors (Lipinski definition) is 3. The van der Waals surface area contributed by atoms with E-state index in [1.807, 2.05) is 30.3 Å². The van der Waals surface area contributed by atoms with Crippen LogP contribution in [0.25, 0.3) is 0 Å². The van der Waals surface area contributed by atoms with Crippen LogP contribution in [0.15, 0.2) is 42.5 Å². The zero-order chi connectivity index (χ0) is 16.8. The third-order valence-corrected chi connectivity index (χ3v) is 4.37. The van der Waals surface area contributed by atoms with E-state index in [0.29, 0.717) is 24.8 Å². The maximum absolute atomic E-state index is 8.83. The fourth-order valence-electron chi connectivity index (χ4n) is 3.12. The lowest BCUT2D eigenvalue weighted by atomic mass is 9.87. The predicted octanol–water partition coefficient (Wildman–Crippen LogP) is 3.74. The van der Waals surface area contributed by atoms with E-state index in [-0.39, 0.29) is 0 Å². The van der Waals surface area contributed by atoms with E-state index in [0.717, 1.165) is 30.6 Å².